The third-order valence-electron chi connectivity index (χ3n) is 5.59. The number of aromatic nitrogens is 3. The van der Waals surface area contributed by atoms with E-state index < -0.39 is 0 Å². The normalized spacial score (nSPS) is 17.1. The second-order valence-corrected chi connectivity index (χ2v) is 9.43. The minimum absolute atomic E-state index is 0. The quantitative estimate of drug-likeness (QED) is 0.731. The highest BCUT2D eigenvalue weighted by molar-refractivity contribution is 6.06. The number of hydrogen-bond donors (Lipinski definition) is 1. The van der Waals surface area contributed by atoms with Crippen LogP contribution in [0.3, 0.4) is 0 Å². The Morgan fingerprint density at radius 2 is 1.97 bits per heavy atom. The van der Waals surface area contributed by atoms with Crippen molar-refractivity contribution in [2.45, 2.75) is 65.8 Å². The van der Waals surface area contributed by atoms with Crippen LogP contribution in [0.15, 0.2) is 6.07 Å². The summed E-state index contributed by atoms with van der Waals surface area (Å²) in [6, 6.07) is 2.00. The molecule has 8 heteroatoms. The van der Waals surface area contributed by atoms with Crippen LogP contribution in [-0.2, 0) is 5.54 Å². The number of halogens is 2. The van der Waals surface area contributed by atoms with Gasteiger partial charge in [-0.1, -0.05) is 13.8 Å². The summed E-state index contributed by atoms with van der Waals surface area (Å²) in [5.41, 5.74) is 3.21. The molecule has 1 aliphatic rings. The Bertz CT molecular complexity index is 871. The van der Waals surface area contributed by atoms with E-state index in [-0.39, 0.29) is 42.2 Å². The summed E-state index contributed by atoms with van der Waals surface area (Å²) >= 11 is 0. The summed E-state index contributed by atoms with van der Waals surface area (Å²) in [6.45, 7) is 15.2. The molecule has 1 aliphatic heterocycles. The first kappa shape index (κ1) is 26.7. The van der Waals surface area contributed by atoms with Gasteiger partial charge in [0.15, 0.2) is 5.65 Å². The minimum Gasteiger partial charge on any atom is -0.338 e. The second kappa shape index (κ2) is 10.3. The van der Waals surface area contributed by atoms with Gasteiger partial charge in [0.25, 0.3) is 5.91 Å². The monoisotopic (exact) mass is 457 g/mol. The summed E-state index contributed by atoms with van der Waals surface area (Å²) < 4.78 is 1.97. The van der Waals surface area contributed by atoms with Crippen molar-refractivity contribution in [1.29, 1.82) is 0 Å². The van der Waals surface area contributed by atoms with Gasteiger partial charge in [-0.15, -0.1) is 24.8 Å². The van der Waals surface area contributed by atoms with Gasteiger partial charge in [0, 0.05) is 18.8 Å². The molecule has 0 aliphatic carbocycles. The van der Waals surface area contributed by atoms with E-state index in [1.165, 1.54) is 6.42 Å². The zero-order valence-electron chi connectivity index (χ0n) is 19.3. The molecule has 170 valence electrons. The lowest BCUT2D eigenvalue weighted by Gasteiger charge is -2.33. The molecule has 1 atom stereocenters. The third-order valence-corrected chi connectivity index (χ3v) is 5.59. The van der Waals surface area contributed by atoms with Gasteiger partial charge in [0.05, 0.1) is 22.2 Å². The number of carbonyl (C=O) groups is 1. The Morgan fingerprint density at radius 1 is 1.30 bits per heavy atom. The maximum Gasteiger partial charge on any atom is 0.254 e. The van der Waals surface area contributed by atoms with Crippen molar-refractivity contribution in [2.24, 2.45) is 5.92 Å². The average molecular weight is 458 g/mol. The van der Waals surface area contributed by atoms with Crippen LogP contribution in [0.5, 0.6) is 0 Å². The van der Waals surface area contributed by atoms with Crippen LogP contribution in [0.2, 0.25) is 0 Å². The predicted molar refractivity (Wildman–Crippen MR) is 128 cm³/mol. The molecule has 1 unspecified atom stereocenters. The minimum atomic E-state index is -0.196. The first-order valence-corrected chi connectivity index (χ1v) is 10.5. The number of nitrogens with zero attached hydrogens (tertiary/aromatic N) is 4. The molecule has 6 nitrogen and oxygen atoms in total. The number of likely N-dealkylation sites (tertiary alicyclic amines) is 1. The van der Waals surface area contributed by atoms with Crippen LogP contribution in [0, 0.1) is 12.8 Å². The van der Waals surface area contributed by atoms with Gasteiger partial charge in [0.1, 0.15) is 0 Å². The molecule has 0 spiro atoms. The topological polar surface area (TPSA) is 63.1 Å². The fourth-order valence-electron chi connectivity index (χ4n) is 4.12. The van der Waals surface area contributed by atoms with Crippen LogP contribution >= 0.6 is 24.8 Å². The van der Waals surface area contributed by atoms with E-state index in [4.69, 9.17) is 10.1 Å². The molecule has 0 aromatic carbocycles. The SMILES string of the molecule is CNCC1CCCN(C(=O)c2cc(C(C)C)nc3c2c(C)nn3C(C)(C)C)C1.Cl.Cl. The standard InChI is InChI=1S/C22H35N5O.2ClH/c1-14(2)18-11-17(21(28)26-10-8-9-16(13-26)12-23-7)19-15(3)25-27(20(19)24-18)22(4,5)6;;/h11,14,16,23H,8-10,12-13H2,1-7H3;2*1H. The number of nitrogens with one attached hydrogen (secondary N) is 1. The van der Waals surface area contributed by atoms with E-state index in [9.17, 15) is 4.79 Å². The predicted octanol–water partition coefficient (Wildman–Crippen LogP) is 4.53. The number of hydrogen-bond acceptors (Lipinski definition) is 4. The van der Waals surface area contributed by atoms with Crippen LogP contribution in [0.1, 0.15) is 75.1 Å². The lowest BCUT2D eigenvalue weighted by molar-refractivity contribution is 0.0676. The Hall–Kier alpha value is -1.37. The number of rotatable bonds is 4. The van der Waals surface area contributed by atoms with E-state index in [0.29, 0.717) is 5.92 Å². The molecule has 1 fully saturated rings. The van der Waals surface area contributed by atoms with Gasteiger partial charge in [-0.05, 0) is 72.0 Å². The van der Waals surface area contributed by atoms with Crippen molar-refractivity contribution >= 4 is 41.8 Å². The number of carbonyl (C=O) groups excluding carboxylic acids is 1. The van der Waals surface area contributed by atoms with Gasteiger partial charge >= 0.3 is 0 Å². The Balaban J connectivity index is 0.00000225. The van der Waals surface area contributed by atoms with Crippen LogP contribution in [0.4, 0.5) is 0 Å². The highest BCUT2D eigenvalue weighted by Gasteiger charge is 2.29. The molecule has 0 saturated carbocycles. The second-order valence-electron chi connectivity index (χ2n) is 9.43. The number of amides is 1. The highest BCUT2D eigenvalue weighted by atomic mass is 35.5. The highest BCUT2D eigenvalue weighted by Crippen LogP contribution is 2.30. The maximum absolute atomic E-state index is 13.6. The van der Waals surface area contributed by atoms with Crippen molar-refractivity contribution in [3.05, 3.63) is 23.0 Å². The van der Waals surface area contributed by atoms with Crippen molar-refractivity contribution in [2.75, 3.05) is 26.7 Å². The zero-order valence-corrected chi connectivity index (χ0v) is 20.9. The average Bonchev–Trinajstić information content (AvgIpc) is 2.98. The van der Waals surface area contributed by atoms with E-state index in [1.807, 2.05) is 29.6 Å². The molecule has 3 rings (SSSR count). The summed E-state index contributed by atoms with van der Waals surface area (Å²) in [4.78, 5) is 20.5. The van der Waals surface area contributed by atoms with E-state index >= 15 is 0 Å². The first-order valence-electron chi connectivity index (χ1n) is 10.5. The Labute approximate surface area is 193 Å². The maximum atomic E-state index is 13.6. The summed E-state index contributed by atoms with van der Waals surface area (Å²) in [5.74, 6) is 0.882. The van der Waals surface area contributed by atoms with Crippen molar-refractivity contribution in [3.8, 4) is 0 Å². The van der Waals surface area contributed by atoms with Crippen molar-refractivity contribution < 1.29 is 4.79 Å². The molecule has 3 heterocycles. The number of pyridine rings is 1. The van der Waals surface area contributed by atoms with E-state index in [2.05, 4.69) is 39.9 Å². The largest absolute Gasteiger partial charge is 0.338 e. The van der Waals surface area contributed by atoms with Gasteiger partial charge < -0.3 is 10.2 Å². The fraction of sp³-hybridized carbons (Fsp3) is 0.682. The lowest BCUT2D eigenvalue weighted by atomic mass is 9.96. The Kier molecular flexibility index (Phi) is 9.15. The molecule has 2 aromatic heterocycles. The zero-order chi connectivity index (χ0) is 20.6. The molecule has 30 heavy (non-hydrogen) atoms. The smallest absolute Gasteiger partial charge is 0.254 e. The Morgan fingerprint density at radius 3 is 2.53 bits per heavy atom. The summed E-state index contributed by atoms with van der Waals surface area (Å²) in [7, 11) is 1.98. The molecular weight excluding hydrogens is 421 g/mol. The third kappa shape index (κ3) is 5.27. The van der Waals surface area contributed by atoms with Gasteiger partial charge in [0.2, 0.25) is 0 Å². The molecule has 2 aromatic rings. The summed E-state index contributed by atoms with van der Waals surface area (Å²) in [6.07, 6.45) is 2.23. The van der Waals surface area contributed by atoms with Gasteiger partial charge in [-0.25, -0.2) is 9.67 Å². The van der Waals surface area contributed by atoms with Crippen molar-refractivity contribution in [3.63, 3.8) is 0 Å². The fourth-order valence-corrected chi connectivity index (χ4v) is 4.12. The van der Waals surface area contributed by atoms with Crippen molar-refractivity contribution in [1.82, 2.24) is 25.0 Å². The molecule has 0 radical (unpaired) electrons. The molecule has 1 saturated heterocycles. The summed E-state index contributed by atoms with van der Waals surface area (Å²) in [5, 5.41) is 8.93. The molecule has 0 bridgehead atoms. The van der Waals surface area contributed by atoms with E-state index in [0.717, 1.165) is 54.0 Å². The number of aryl methyl sites for hydroxylation is 1. The first-order chi connectivity index (χ1) is 13.1. The lowest BCUT2D eigenvalue weighted by Crippen LogP contribution is -2.42. The van der Waals surface area contributed by atoms with Crippen LogP contribution in [0.25, 0.3) is 11.0 Å². The number of piperidine rings is 1. The molecule has 1 amide bonds. The van der Waals surface area contributed by atoms with Gasteiger partial charge in [-0.2, -0.15) is 5.10 Å². The number of fused-ring (bicyclic) bond motifs is 1. The molecular formula is C22H37Cl2N5O. The van der Waals surface area contributed by atoms with Crippen LogP contribution in [-0.4, -0.2) is 52.3 Å². The van der Waals surface area contributed by atoms with Crippen LogP contribution < -0.4 is 5.32 Å². The van der Waals surface area contributed by atoms with Gasteiger partial charge in [-0.3, -0.25) is 4.79 Å². The molecule has 1 N–H and O–H groups in total. The van der Waals surface area contributed by atoms with E-state index in [1.54, 1.807) is 0 Å².